The standard InChI is InChI=1S/C21H24N2O4/c1-3-10-23(2)11-6-9-22-15-12-16(24)17-18(21(15)27)20(26)14-8-5-4-7-13(14)19(17)25/h4-5,7-8,12,22,24,27H,3,6,9-11H2,1-2H3. The largest absolute Gasteiger partial charge is 0.507 e. The zero-order valence-corrected chi connectivity index (χ0v) is 15.6. The number of nitrogens with one attached hydrogen (secondary N) is 1. The highest BCUT2D eigenvalue weighted by Gasteiger charge is 2.35. The van der Waals surface area contributed by atoms with Gasteiger partial charge in [-0.05, 0) is 33.0 Å². The molecule has 0 saturated heterocycles. The Morgan fingerprint density at radius 2 is 1.63 bits per heavy atom. The van der Waals surface area contributed by atoms with Crippen molar-refractivity contribution in [1.82, 2.24) is 4.90 Å². The van der Waals surface area contributed by atoms with Crippen molar-refractivity contribution in [3.8, 4) is 11.5 Å². The molecule has 0 saturated carbocycles. The van der Waals surface area contributed by atoms with Crippen LogP contribution in [0.4, 0.5) is 5.69 Å². The summed E-state index contributed by atoms with van der Waals surface area (Å²) in [6.45, 7) is 4.60. The molecule has 142 valence electrons. The molecule has 2 aromatic carbocycles. The first kappa shape index (κ1) is 18.9. The highest BCUT2D eigenvalue weighted by Crippen LogP contribution is 2.42. The van der Waals surface area contributed by atoms with E-state index in [1.54, 1.807) is 24.3 Å². The van der Waals surface area contributed by atoms with Gasteiger partial charge in [0.25, 0.3) is 0 Å². The van der Waals surface area contributed by atoms with Gasteiger partial charge in [-0.2, -0.15) is 0 Å². The van der Waals surface area contributed by atoms with E-state index in [1.165, 1.54) is 6.07 Å². The summed E-state index contributed by atoms with van der Waals surface area (Å²) in [5.74, 6) is -1.51. The first-order valence-corrected chi connectivity index (χ1v) is 9.15. The molecule has 27 heavy (non-hydrogen) atoms. The normalized spacial score (nSPS) is 12.9. The summed E-state index contributed by atoms with van der Waals surface area (Å²) in [5.41, 5.74) is 0.464. The summed E-state index contributed by atoms with van der Waals surface area (Å²) in [6, 6.07) is 7.74. The molecule has 0 radical (unpaired) electrons. The molecular weight excluding hydrogens is 344 g/mol. The molecule has 2 aromatic rings. The zero-order valence-electron chi connectivity index (χ0n) is 15.6. The van der Waals surface area contributed by atoms with Crippen molar-refractivity contribution in [2.45, 2.75) is 19.8 Å². The van der Waals surface area contributed by atoms with Crippen LogP contribution in [0.1, 0.15) is 51.6 Å². The summed E-state index contributed by atoms with van der Waals surface area (Å²) in [4.78, 5) is 27.7. The zero-order chi connectivity index (χ0) is 19.6. The predicted octanol–water partition coefficient (Wildman–Crippen LogP) is 3.02. The topological polar surface area (TPSA) is 89.9 Å². The number of phenolic OH excluding ortho intramolecular Hbond substituents is 2. The first-order valence-electron chi connectivity index (χ1n) is 9.15. The predicted molar refractivity (Wildman–Crippen MR) is 104 cm³/mol. The maximum absolute atomic E-state index is 12.8. The molecule has 6 nitrogen and oxygen atoms in total. The molecule has 0 aliphatic heterocycles. The number of fused-ring (bicyclic) bond motifs is 2. The lowest BCUT2D eigenvalue weighted by Crippen LogP contribution is -2.23. The van der Waals surface area contributed by atoms with E-state index in [0.29, 0.717) is 6.54 Å². The Kier molecular flexibility index (Phi) is 5.46. The number of aromatic hydroxyl groups is 2. The molecule has 6 heteroatoms. The van der Waals surface area contributed by atoms with E-state index >= 15 is 0 Å². The third-order valence-corrected chi connectivity index (χ3v) is 4.79. The third-order valence-electron chi connectivity index (χ3n) is 4.79. The van der Waals surface area contributed by atoms with Crippen LogP contribution >= 0.6 is 0 Å². The fourth-order valence-electron chi connectivity index (χ4n) is 3.46. The molecule has 0 atom stereocenters. The number of nitrogens with zero attached hydrogens (tertiary/aromatic N) is 1. The molecule has 0 spiro atoms. The van der Waals surface area contributed by atoms with Crippen LogP contribution in [0.2, 0.25) is 0 Å². The molecule has 3 rings (SSSR count). The molecule has 3 N–H and O–H groups in total. The monoisotopic (exact) mass is 368 g/mol. The van der Waals surface area contributed by atoms with Gasteiger partial charge in [0.2, 0.25) is 0 Å². The van der Waals surface area contributed by atoms with Crippen LogP contribution in [0.25, 0.3) is 0 Å². The Bertz CT molecular complexity index is 892. The minimum Gasteiger partial charge on any atom is -0.507 e. The number of hydrogen-bond acceptors (Lipinski definition) is 6. The van der Waals surface area contributed by atoms with Crippen molar-refractivity contribution in [2.75, 3.05) is 32.0 Å². The number of ketones is 2. The van der Waals surface area contributed by atoms with E-state index in [-0.39, 0.29) is 39.4 Å². The lowest BCUT2D eigenvalue weighted by atomic mass is 9.82. The van der Waals surface area contributed by atoms with Crippen LogP contribution in [0, 0.1) is 0 Å². The Hall–Kier alpha value is -2.86. The van der Waals surface area contributed by atoms with Crippen molar-refractivity contribution in [1.29, 1.82) is 0 Å². The van der Waals surface area contributed by atoms with Crippen molar-refractivity contribution in [3.63, 3.8) is 0 Å². The van der Waals surface area contributed by atoms with Gasteiger partial charge in [-0.25, -0.2) is 0 Å². The molecule has 0 aromatic heterocycles. The number of anilines is 1. The summed E-state index contributed by atoms with van der Waals surface area (Å²) in [5, 5.41) is 24.0. The number of benzene rings is 2. The van der Waals surface area contributed by atoms with Gasteiger partial charge in [-0.15, -0.1) is 0 Å². The second-order valence-corrected chi connectivity index (χ2v) is 6.83. The van der Waals surface area contributed by atoms with E-state index in [2.05, 4.69) is 17.1 Å². The van der Waals surface area contributed by atoms with E-state index < -0.39 is 11.6 Å². The van der Waals surface area contributed by atoms with Crippen LogP contribution in [-0.4, -0.2) is 53.4 Å². The Labute approximate surface area is 158 Å². The first-order chi connectivity index (χ1) is 13.0. The average Bonchev–Trinajstić information content (AvgIpc) is 2.65. The quantitative estimate of drug-likeness (QED) is 0.337. The van der Waals surface area contributed by atoms with Crippen LogP contribution in [0.3, 0.4) is 0 Å². The summed E-state index contributed by atoms with van der Waals surface area (Å²) < 4.78 is 0. The maximum atomic E-state index is 12.8. The van der Waals surface area contributed by atoms with Crippen LogP contribution < -0.4 is 5.32 Å². The van der Waals surface area contributed by atoms with Gasteiger partial charge in [0, 0.05) is 23.7 Å². The van der Waals surface area contributed by atoms with Crippen LogP contribution in [0.5, 0.6) is 11.5 Å². The van der Waals surface area contributed by atoms with Crippen molar-refractivity contribution < 1.29 is 19.8 Å². The van der Waals surface area contributed by atoms with Gasteiger partial charge in [-0.1, -0.05) is 31.2 Å². The van der Waals surface area contributed by atoms with E-state index in [9.17, 15) is 19.8 Å². The average molecular weight is 368 g/mol. The Morgan fingerprint density at radius 3 is 2.26 bits per heavy atom. The van der Waals surface area contributed by atoms with E-state index in [1.807, 2.05) is 7.05 Å². The second kappa shape index (κ2) is 7.80. The highest BCUT2D eigenvalue weighted by molar-refractivity contribution is 6.30. The molecular formula is C21H24N2O4. The van der Waals surface area contributed by atoms with E-state index in [4.69, 9.17) is 0 Å². The molecule has 0 amide bonds. The molecule has 0 unspecified atom stereocenters. The minimum atomic E-state index is -0.459. The number of rotatable bonds is 7. The van der Waals surface area contributed by atoms with Crippen molar-refractivity contribution >= 4 is 17.3 Å². The van der Waals surface area contributed by atoms with Crippen molar-refractivity contribution in [3.05, 3.63) is 52.6 Å². The Morgan fingerprint density at radius 1 is 1.00 bits per heavy atom. The van der Waals surface area contributed by atoms with Gasteiger partial charge in [0.05, 0.1) is 16.8 Å². The number of hydrogen-bond donors (Lipinski definition) is 3. The molecule has 0 fully saturated rings. The molecule has 0 bridgehead atoms. The Balaban J connectivity index is 1.85. The fraction of sp³-hybridized carbons (Fsp3) is 0.333. The van der Waals surface area contributed by atoms with Crippen LogP contribution in [0.15, 0.2) is 30.3 Å². The summed E-state index contributed by atoms with van der Waals surface area (Å²) in [6.07, 6.45) is 1.92. The minimum absolute atomic E-state index is 0.135. The van der Waals surface area contributed by atoms with Gasteiger partial charge in [-0.3, -0.25) is 9.59 Å². The highest BCUT2D eigenvalue weighted by atomic mass is 16.3. The SMILES string of the molecule is CCCN(C)CCCNc1cc(O)c2c(c1O)C(=O)c1ccccc1C2=O. The van der Waals surface area contributed by atoms with Crippen LogP contribution in [-0.2, 0) is 0 Å². The van der Waals surface area contributed by atoms with Gasteiger partial charge < -0.3 is 20.4 Å². The van der Waals surface area contributed by atoms with Gasteiger partial charge in [0.1, 0.15) is 5.75 Å². The summed E-state index contributed by atoms with van der Waals surface area (Å²) >= 11 is 0. The molecule has 0 heterocycles. The third kappa shape index (κ3) is 3.53. The number of phenols is 2. The fourth-order valence-corrected chi connectivity index (χ4v) is 3.46. The number of carbonyl (C=O) groups is 2. The smallest absolute Gasteiger partial charge is 0.198 e. The van der Waals surface area contributed by atoms with Crippen molar-refractivity contribution in [2.24, 2.45) is 0 Å². The maximum Gasteiger partial charge on any atom is 0.198 e. The lowest BCUT2D eigenvalue weighted by molar-refractivity contribution is 0.0974. The van der Waals surface area contributed by atoms with Gasteiger partial charge >= 0.3 is 0 Å². The molecule has 1 aliphatic carbocycles. The second-order valence-electron chi connectivity index (χ2n) is 6.83. The van der Waals surface area contributed by atoms with E-state index in [0.717, 1.165) is 25.9 Å². The van der Waals surface area contributed by atoms with Gasteiger partial charge in [0.15, 0.2) is 17.3 Å². The summed E-state index contributed by atoms with van der Waals surface area (Å²) in [7, 11) is 2.05. The molecule has 1 aliphatic rings. The number of carbonyl (C=O) groups excluding carboxylic acids is 2. The lowest BCUT2D eigenvalue weighted by Gasteiger charge is -2.21.